The van der Waals surface area contributed by atoms with Crippen LogP contribution in [0.2, 0.25) is 0 Å². The van der Waals surface area contributed by atoms with Crippen molar-refractivity contribution in [3.8, 4) is 0 Å². The summed E-state index contributed by atoms with van der Waals surface area (Å²) >= 11 is 0. The minimum absolute atomic E-state index is 0.0287. The quantitative estimate of drug-likeness (QED) is 0.768. The van der Waals surface area contributed by atoms with Gasteiger partial charge in [-0.3, -0.25) is 4.79 Å². The van der Waals surface area contributed by atoms with E-state index in [4.69, 9.17) is 0 Å². The first-order valence-electron chi connectivity index (χ1n) is 7.99. The SMILES string of the molecule is CCCN(CCC)C(=O)c1cnc(Nc2ccc(F)c(F)c2F)nc1. The third kappa shape index (κ3) is 4.46. The Hall–Kier alpha value is -2.64. The lowest BCUT2D eigenvalue weighted by Crippen LogP contribution is -2.32. The molecule has 0 fully saturated rings. The number of halogens is 3. The van der Waals surface area contributed by atoms with Gasteiger partial charge in [-0.1, -0.05) is 13.8 Å². The monoisotopic (exact) mass is 352 g/mol. The van der Waals surface area contributed by atoms with Crippen LogP contribution >= 0.6 is 0 Å². The molecule has 5 nitrogen and oxygen atoms in total. The molecule has 0 aliphatic carbocycles. The van der Waals surface area contributed by atoms with Gasteiger partial charge in [-0.2, -0.15) is 0 Å². The number of benzene rings is 1. The number of carbonyl (C=O) groups excluding carboxylic acids is 1. The van der Waals surface area contributed by atoms with E-state index in [1.165, 1.54) is 12.4 Å². The number of hydrogen-bond donors (Lipinski definition) is 1. The van der Waals surface area contributed by atoms with Gasteiger partial charge in [-0.05, 0) is 25.0 Å². The van der Waals surface area contributed by atoms with E-state index < -0.39 is 17.5 Å². The molecule has 0 aliphatic heterocycles. The van der Waals surface area contributed by atoms with E-state index in [1.54, 1.807) is 4.90 Å². The van der Waals surface area contributed by atoms with Gasteiger partial charge in [-0.15, -0.1) is 0 Å². The van der Waals surface area contributed by atoms with Crippen LogP contribution in [0, 0.1) is 17.5 Å². The zero-order chi connectivity index (χ0) is 18.4. The summed E-state index contributed by atoms with van der Waals surface area (Å²) < 4.78 is 39.8. The van der Waals surface area contributed by atoms with E-state index in [1.807, 2.05) is 13.8 Å². The van der Waals surface area contributed by atoms with Crippen LogP contribution in [0.3, 0.4) is 0 Å². The van der Waals surface area contributed by atoms with E-state index in [0.717, 1.165) is 25.0 Å². The molecule has 0 spiro atoms. The molecule has 1 heterocycles. The zero-order valence-corrected chi connectivity index (χ0v) is 14.0. The van der Waals surface area contributed by atoms with E-state index >= 15 is 0 Å². The summed E-state index contributed by atoms with van der Waals surface area (Å²) in [7, 11) is 0. The molecule has 25 heavy (non-hydrogen) atoms. The Balaban J connectivity index is 2.14. The second-order valence-corrected chi connectivity index (χ2v) is 5.44. The van der Waals surface area contributed by atoms with Gasteiger partial charge in [0.15, 0.2) is 17.5 Å². The lowest BCUT2D eigenvalue weighted by molar-refractivity contribution is 0.0754. The Morgan fingerprint density at radius 2 is 1.64 bits per heavy atom. The third-order valence-electron chi connectivity index (χ3n) is 3.45. The maximum absolute atomic E-state index is 13.6. The second-order valence-electron chi connectivity index (χ2n) is 5.44. The van der Waals surface area contributed by atoms with E-state index in [9.17, 15) is 18.0 Å². The Morgan fingerprint density at radius 3 is 2.20 bits per heavy atom. The molecule has 0 bridgehead atoms. The number of aromatic nitrogens is 2. The second kappa shape index (κ2) is 8.46. The molecule has 1 N–H and O–H groups in total. The highest BCUT2D eigenvalue weighted by molar-refractivity contribution is 5.93. The van der Waals surface area contributed by atoms with Crippen molar-refractivity contribution in [1.82, 2.24) is 14.9 Å². The average molecular weight is 352 g/mol. The minimum Gasteiger partial charge on any atom is -0.339 e. The Bertz CT molecular complexity index is 731. The molecular weight excluding hydrogens is 333 g/mol. The molecule has 0 saturated carbocycles. The summed E-state index contributed by atoms with van der Waals surface area (Å²) in [5.41, 5.74) is 0.00905. The first-order valence-corrected chi connectivity index (χ1v) is 7.99. The van der Waals surface area contributed by atoms with E-state index in [0.29, 0.717) is 18.7 Å². The van der Waals surface area contributed by atoms with Crippen molar-refractivity contribution >= 4 is 17.5 Å². The Kier molecular flexibility index (Phi) is 6.32. The van der Waals surface area contributed by atoms with Gasteiger partial charge in [0.25, 0.3) is 5.91 Å². The number of hydrogen-bond acceptors (Lipinski definition) is 4. The molecule has 1 aromatic carbocycles. The summed E-state index contributed by atoms with van der Waals surface area (Å²) in [5.74, 6) is -4.43. The molecule has 0 atom stereocenters. The number of carbonyl (C=O) groups is 1. The van der Waals surface area contributed by atoms with Crippen molar-refractivity contribution in [2.24, 2.45) is 0 Å². The van der Waals surface area contributed by atoms with Gasteiger partial charge in [-0.25, -0.2) is 23.1 Å². The molecule has 134 valence electrons. The predicted molar refractivity (Wildman–Crippen MR) is 88.1 cm³/mol. The van der Waals surface area contributed by atoms with Crippen LogP contribution < -0.4 is 5.32 Å². The first kappa shape index (κ1) is 18.7. The third-order valence-corrected chi connectivity index (χ3v) is 3.45. The standard InChI is InChI=1S/C17H19F3N4O/c1-3-7-24(8-4-2)16(25)11-9-21-17(22-10-11)23-13-6-5-12(18)14(19)15(13)20/h5-6,9-10H,3-4,7-8H2,1-2H3,(H,21,22,23). The van der Waals surface area contributed by atoms with Crippen LogP contribution in [0.5, 0.6) is 0 Å². The topological polar surface area (TPSA) is 58.1 Å². The van der Waals surface area contributed by atoms with Crippen molar-refractivity contribution < 1.29 is 18.0 Å². The molecule has 0 saturated heterocycles. The molecule has 8 heteroatoms. The van der Waals surface area contributed by atoms with Crippen LogP contribution in [0.15, 0.2) is 24.5 Å². The summed E-state index contributed by atoms with van der Waals surface area (Å²) in [6.07, 6.45) is 4.30. The van der Waals surface area contributed by atoms with Gasteiger partial charge >= 0.3 is 0 Å². The lowest BCUT2D eigenvalue weighted by atomic mass is 10.2. The van der Waals surface area contributed by atoms with Crippen molar-refractivity contribution in [3.05, 3.63) is 47.5 Å². The first-order chi connectivity index (χ1) is 12.0. The summed E-state index contributed by atoms with van der Waals surface area (Å²) in [6.45, 7) is 5.23. The highest BCUT2D eigenvalue weighted by atomic mass is 19.2. The van der Waals surface area contributed by atoms with Crippen molar-refractivity contribution in [1.29, 1.82) is 0 Å². The smallest absolute Gasteiger partial charge is 0.256 e. The molecule has 1 amide bonds. The largest absolute Gasteiger partial charge is 0.339 e. The van der Waals surface area contributed by atoms with Gasteiger partial charge in [0, 0.05) is 25.5 Å². The van der Waals surface area contributed by atoms with Gasteiger partial charge in [0.2, 0.25) is 5.95 Å². The van der Waals surface area contributed by atoms with E-state index in [2.05, 4.69) is 15.3 Å². The fourth-order valence-corrected chi connectivity index (χ4v) is 2.28. The summed E-state index contributed by atoms with van der Waals surface area (Å²) in [4.78, 5) is 22.0. The summed E-state index contributed by atoms with van der Waals surface area (Å²) in [5, 5.41) is 2.46. The number of nitrogens with zero attached hydrogens (tertiary/aromatic N) is 3. The van der Waals surface area contributed by atoms with Gasteiger partial charge in [0.05, 0.1) is 11.3 Å². The Labute approximate surface area is 143 Å². The highest BCUT2D eigenvalue weighted by Crippen LogP contribution is 2.22. The van der Waals surface area contributed by atoms with Crippen molar-refractivity contribution in [2.45, 2.75) is 26.7 Å². The lowest BCUT2D eigenvalue weighted by Gasteiger charge is -2.21. The molecule has 0 unspecified atom stereocenters. The normalized spacial score (nSPS) is 10.6. The van der Waals surface area contributed by atoms with Crippen LogP contribution in [-0.4, -0.2) is 33.9 Å². The molecule has 2 rings (SSSR count). The van der Waals surface area contributed by atoms with Crippen molar-refractivity contribution in [3.63, 3.8) is 0 Å². The molecule has 0 aliphatic rings. The predicted octanol–water partition coefficient (Wildman–Crippen LogP) is 3.90. The number of anilines is 2. The summed E-state index contributed by atoms with van der Waals surface area (Å²) in [6, 6.07) is 1.84. The highest BCUT2D eigenvalue weighted by Gasteiger charge is 2.17. The molecule has 0 radical (unpaired) electrons. The average Bonchev–Trinajstić information content (AvgIpc) is 2.62. The van der Waals surface area contributed by atoms with Crippen molar-refractivity contribution in [2.75, 3.05) is 18.4 Å². The van der Waals surface area contributed by atoms with Gasteiger partial charge in [0.1, 0.15) is 0 Å². The molecule has 1 aromatic heterocycles. The fraction of sp³-hybridized carbons (Fsp3) is 0.353. The maximum atomic E-state index is 13.6. The molecule has 2 aromatic rings. The van der Waals surface area contributed by atoms with E-state index in [-0.39, 0.29) is 17.5 Å². The number of nitrogens with one attached hydrogen (secondary N) is 1. The van der Waals surface area contributed by atoms with Gasteiger partial charge < -0.3 is 10.2 Å². The molecular formula is C17H19F3N4O. The maximum Gasteiger partial charge on any atom is 0.256 e. The van der Waals surface area contributed by atoms with Crippen LogP contribution in [0.4, 0.5) is 24.8 Å². The number of rotatable bonds is 7. The van der Waals surface area contributed by atoms with Crippen LogP contribution in [-0.2, 0) is 0 Å². The Morgan fingerprint density at radius 1 is 1.04 bits per heavy atom. The van der Waals surface area contributed by atoms with Crippen LogP contribution in [0.1, 0.15) is 37.0 Å². The number of amides is 1. The fourth-order valence-electron chi connectivity index (χ4n) is 2.28. The van der Waals surface area contributed by atoms with Crippen LogP contribution in [0.25, 0.3) is 0 Å². The minimum atomic E-state index is -1.58. The zero-order valence-electron chi connectivity index (χ0n) is 14.0.